The van der Waals surface area contributed by atoms with Crippen molar-refractivity contribution in [2.45, 2.75) is 19.1 Å². The van der Waals surface area contributed by atoms with Gasteiger partial charge in [0.15, 0.2) is 0 Å². The number of imide groups is 1. The van der Waals surface area contributed by atoms with Crippen molar-refractivity contribution >= 4 is 12.0 Å². The molecule has 0 aromatic heterocycles. The minimum atomic E-state index is -0.993. The molecule has 0 aliphatic carbocycles. The van der Waals surface area contributed by atoms with Crippen LogP contribution in [0.1, 0.15) is 18.5 Å². The minimum Gasteiger partial charge on any atom is -0.446 e. The van der Waals surface area contributed by atoms with Crippen molar-refractivity contribution in [1.82, 2.24) is 4.90 Å². The van der Waals surface area contributed by atoms with Crippen molar-refractivity contribution < 1.29 is 19.4 Å². The summed E-state index contributed by atoms with van der Waals surface area (Å²) in [5.74, 6) is -1.21. The van der Waals surface area contributed by atoms with Crippen LogP contribution >= 0.6 is 0 Å². The summed E-state index contributed by atoms with van der Waals surface area (Å²) in [6.07, 6.45) is -0.388. The molecule has 0 radical (unpaired) electrons. The van der Waals surface area contributed by atoms with Crippen molar-refractivity contribution in [1.29, 1.82) is 0 Å². The van der Waals surface area contributed by atoms with Crippen molar-refractivity contribution in [2.75, 3.05) is 6.61 Å². The highest BCUT2D eigenvalue weighted by molar-refractivity contribution is 5.95. The SMILES string of the molecule is C=CC(O)C(C)C(=O)N1C(=O)OCC1c1ccccc1. The molecule has 1 N–H and O–H groups in total. The molecule has 2 rings (SSSR count). The number of aliphatic hydroxyl groups is 1. The van der Waals surface area contributed by atoms with Crippen molar-refractivity contribution in [3.05, 3.63) is 48.6 Å². The van der Waals surface area contributed by atoms with Gasteiger partial charge in [-0.2, -0.15) is 0 Å². The van der Waals surface area contributed by atoms with E-state index in [-0.39, 0.29) is 6.61 Å². The number of amides is 2. The summed E-state index contributed by atoms with van der Waals surface area (Å²) in [6, 6.07) is 8.75. The molecule has 20 heavy (non-hydrogen) atoms. The van der Waals surface area contributed by atoms with Crippen LogP contribution in [0.15, 0.2) is 43.0 Å². The third kappa shape index (κ3) is 2.58. The molecule has 0 spiro atoms. The highest BCUT2D eigenvalue weighted by atomic mass is 16.6. The van der Waals surface area contributed by atoms with Gasteiger partial charge in [0.2, 0.25) is 5.91 Å². The molecule has 0 saturated carbocycles. The zero-order valence-electron chi connectivity index (χ0n) is 11.2. The van der Waals surface area contributed by atoms with Gasteiger partial charge in [-0.25, -0.2) is 9.69 Å². The highest BCUT2D eigenvalue weighted by Gasteiger charge is 2.41. The Hall–Kier alpha value is -2.14. The Morgan fingerprint density at radius 3 is 2.75 bits per heavy atom. The van der Waals surface area contributed by atoms with Crippen LogP contribution in [0.2, 0.25) is 0 Å². The predicted octanol–water partition coefficient (Wildman–Crippen LogP) is 1.89. The number of rotatable bonds is 4. The van der Waals surface area contributed by atoms with Gasteiger partial charge < -0.3 is 9.84 Å². The second kappa shape index (κ2) is 5.88. The molecular weight excluding hydrogens is 258 g/mol. The monoisotopic (exact) mass is 275 g/mol. The zero-order chi connectivity index (χ0) is 14.7. The van der Waals surface area contributed by atoms with Crippen LogP contribution in [0.25, 0.3) is 0 Å². The Bertz CT molecular complexity index is 514. The van der Waals surface area contributed by atoms with Crippen LogP contribution in [0, 0.1) is 5.92 Å². The number of carbonyl (C=O) groups is 2. The minimum absolute atomic E-state index is 0.130. The number of carbonyl (C=O) groups excluding carboxylic acids is 2. The largest absolute Gasteiger partial charge is 0.446 e. The summed E-state index contributed by atoms with van der Waals surface area (Å²) in [7, 11) is 0. The number of hydrogen-bond donors (Lipinski definition) is 1. The Morgan fingerprint density at radius 1 is 1.50 bits per heavy atom. The summed E-state index contributed by atoms with van der Waals surface area (Å²) < 4.78 is 4.98. The zero-order valence-corrected chi connectivity index (χ0v) is 11.2. The Morgan fingerprint density at radius 2 is 2.15 bits per heavy atom. The molecule has 1 aromatic carbocycles. The predicted molar refractivity (Wildman–Crippen MR) is 72.7 cm³/mol. The third-order valence-electron chi connectivity index (χ3n) is 3.44. The Kier molecular flexibility index (Phi) is 4.20. The van der Waals surface area contributed by atoms with Crippen LogP contribution in [0.5, 0.6) is 0 Å². The average molecular weight is 275 g/mol. The smallest absolute Gasteiger partial charge is 0.417 e. The van der Waals surface area contributed by atoms with Gasteiger partial charge >= 0.3 is 6.09 Å². The maximum Gasteiger partial charge on any atom is 0.417 e. The molecule has 1 aromatic rings. The van der Waals surface area contributed by atoms with Crippen LogP contribution < -0.4 is 0 Å². The van der Waals surface area contributed by atoms with Crippen LogP contribution in [0.4, 0.5) is 4.79 Å². The van der Waals surface area contributed by atoms with Crippen LogP contribution in [-0.4, -0.2) is 34.7 Å². The number of ether oxygens (including phenoxy) is 1. The van der Waals surface area contributed by atoms with E-state index in [1.807, 2.05) is 30.3 Å². The maximum atomic E-state index is 12.4. The first-order valence-electron chi connectivity index (χ1n) is 6.41. The number of benzene rings is 1. The van der Waals surface area contributed by atoms with E-state index in [2.05, 4.69) is 6.58 Å². The molecule has 2 amide bonds. The first-order chi connectivity index (χ1) is 9.56. The van der Waals surface area contributed by atoms with E-state index in [0.717, 1.165) is 10.5 Å². The molecule has 1 aliphatic heterocycles. The lowest BCUT2D eigenvalue weighted by Gasteiger charge is -2.24. The quantitative estimate of drug-likeness (QED) is 0.852. The van der Waals surface area contributed by atoms with E-state index in [1.165, 1.54) is 6.08 Å². The fraction of sp³-hybridized carbons (Fsp3) is 0.333. The molecule has 1 saturated heterocycles. The van der Waals surface area contributed by atoms with E-state index < -0.39 is 30.1 Å². The molecule has 1 aliphatic rings. The molecule has 5 nitrogen and oxygen atoms in total. The fourth-order valence-corrected chi connectivity index (χ4v) is 2.16. The van der Waals surface area contributed by atoms with Gasteiger partial charge in [-0.15, -0.1) is 6.58 Å². The molecule has 0 bridgehead atoms. The maximum absolute atomic E-state index is 12.4. The van der Waals surface area contributed by atoms with E-state index in [9.17, 15) is 14.7 Å². The Labute approximate surface area is 117 Å². The lowest BCUT2D eigenvalue weighted by atomic mass is 10.0. The molecule has 3 unspecified atom stereocenters. The lowest BCUT2D eigenvalue weighted by Crippen LogP contribution is -2.41. The fourth-order valence-electron chi connectivity index (χ4n) is 2.16. The van der Waals surface area contributed by atoms with Gasteiger partial charge in [-0.3, -0.25) is 4.79 Å². The standard InChI is InChI=1S/C15H17NO4/c1-3-13(17)10(2)14(18)16-12(9-20-15(16)19)11-7-5-4-6-8-11/h3-8,10,12-13,17H,1,9H2,2H3. The van der Waals surface area contributed by atoms with Crippen molar-refractivity contribution in [2.24, 2.45) is 5.92 Å². The summed E-state index contributed by atoms with van der Waals surface area (Å²) in [5, 5.41) is 9.68. The summed E-state index contributed by atoms with van der Waals surface area (Å²) in [6.45, 7) is 5.14. The molecule has 1 fully saturated rings. The van der Waals surface area contributed by atoms with E-state index in [0.29, 0.717) is 0 Å². The summed E-state index contributed by atoms with van der Waals surface area (Å²) >= 11 is 0. The molecular formula is C15H17NO4. The van der Waals surface area contributed by atoms with Gasteiger partial charge in [-0.05, 0) is 5.56 Å². The normalized spacial score (nSPS) is 21.2. The van der Waals surface area contributed by atoms with Gasteiger partial charge in [0.25, 0.3) is 0 Å². The van der Waals surface area contributed by atoms with Gasteiger partial charge in [0, 0.05) is 0 Å². The van der Waals surface area contributed by atoms with Crippen molar-refractivity contribution in [3.8, 4) is 0 Å². The van der Waals surface area contributed by atoms with E-state index in [4.69, 9.17) is 4.74 Å². The molecule has 5 heteroatoms. The number of nitrogens with zero attached hydrogens (tertiary/aromatic N) is 1. The van der Waals surface area contributed by atoms with Crippen LogP contribution in [-0.2, 0) is 9.53 Å². The highest BCUT2D eigenvalue weighted by Crippen LogP contribution is 2.29. The summed E-state index contributed by atoms with van der Waals surface area (Å²) in [5.41, 5.74) is 0.826. The topological polar surface area (TPSA) is 66.8 Å². The molecule has 106 valence electrons. The number of hydrogen-bond acceptors (Lipinski definition) is 4. The molecule has 1 heterocycles. The second-order valence-corrected chi connectivity index (χ2v) is 4.73. The van der Waals surface area contributed by atoms with Crippen molar-refractivity contribution in [3.63, 3.8) is 0 Å². The third-order valence-corrected chi connectivity index (χ3v) is 3.44. The molecule has 3 atom stereocenters. The van der Waals surface area contributed by atoms with Gasteiger partial charge in [-0.1, -0.05) is 43.3 Å². The lowest BCUT2D eigenvalue weighted by molar-refractivity contribution is -0.135. The first-order valence-corrected chi connectivity index (χ1v) is 6.41. The number of aliphatic hydroxyl groups excluding tert-OH is 1. The summed E-state index contributed by atoms with van der Waals surface area (Å²) in [4.78, 5) is 25.2. The van der Waals surface area contributed by atoms with E-state index >= 15 is 0 Å². The Balaban J connectivity index is 2.25. The van der Waals surface area contributed by atoms with E-state index in [1.54, 1.807) is 6.92 Å². The first kappa shape index (κ1) is 14.3. The van der Waals surface area contributed by atoms with Gasteiger partial charge in [0.1, 0.15) is 12.6 Å². The average Bonchev–Trinajstić information content (AvgIpc) is 2.87. The van der Waals surface area contributed by atoms with Crippen LogP contribution in [0.3, 0.4) is 0 Å². The second-order valence-electron chi connectivity index (χ2n) is 4.73. The number of cyclic esters (lactones) is 1. The van der Waals surface area contributed by atoms with Gasteiger partial charge in [0.05, 0.1) is 12.0 Å².